The largest absolute Gasteiger partial charge is 0.497 e. The van der Waals surface area contributed by atoms with E-state index in [-0.39, 0.29) is 48.1 Å². The van der Waals surface area contributed by atoms with Crippen LogP contribution in [0.5, 0.6) is 23.0 Å². The Kier molecular flexibility index (Phi) is 23.6. The minimum atomic E-state index is -0.785. The first-order valence-corrected chi connectivity index (χ1v) is 26.3. The molecule has 78 heavy (non-hydrogen) atoms. The number of hydrogen-bond donors (Lipinski definition) is 8. The fourth-order valence-electron chi connectivity index (χ4n) is 9.15. The van der Waals surface area contributed by atoms with Crippen LogP contribution >= 0.6 is 0 Å². The van der Waals surface area contributed by atoms with Gasteiger partial charge in [0.2, 0.25) is 0 Å². The monoisotopic (exact) mass is 1050 g/mol. The molecule has 6 atom stereocenters. The predicted molar refractivity (Wildman–Crippen MR) is 321 cm³/mol. The van der Waals surface area contributed by atoms with Crippen molar-refractivity contribution in [1.29, 1.82) is 0 Å². The smallest absolute Gasteiger partial charge is 0.118 e. The van der Waals surface area contributed by atoms with Crippen LogP contribution in [-0.2, 0) is 11.1 Å². The highest BCUT2D eigenvalue weighted by Crippen LogP contribution is 2.36. The van der Waals surface area contributed by atoms with Crippen LogP contribution in [0.4, 0.5) is 0 Å². The molecule has 8 aromatic rings. The van der Waals surface area contributed by atoms with E-state index in [2.05, 4.69) is 27.7 Å². The standard InChI is InChI=1S/2C19H26N2O2.2C14H16N2/c2*1-13(2)18(20)19(21,14-5-9-16(22-3)10-6-14)15-7-11-17(23-4)12-8-15;2*15-13(11-7-3-1-4-8-11)14(16)12-9-5-2-6-10-12/h2*5-13,18H,20-21H2,1-4H3;2*1-10,13-14H,15-16H2/t2*18-;2*13-,14-/m1010/s1. The average Bonchev–Trinajstić information content (AvgIpc) is 3.55. The van der Waals surface area contributed by atoms with E-state index in [1.165, 1.54) is 0 Å². The summed E-state index contributed by atoms with van der Waals surface area (Å²) in [5.74, 6) is 3.63. The lowest BCUT2D eigenvalue weighted by Crippen LogP contribution is -2.55. The highest BCUT2D eigenvalue weighted by Gasteiger charge is 2.39. The van der Waals surface area contributed by atoms with E-state index >= 15 is 0 Å². The van der Waals surface area contributed by atoms with Crippen molar-refractivity contribution in [2.75, 3.05) is 28.4 Å². The van der Waals surface area contributed by atoms with Gasteiger partial charge in [0.25, 0.3) is 0 Å². The third-order valence-electron chi connectivity index (χ3n) is 14.3. The maximum atomic E-state index is 6.86. The summed E-state index contributed by atoms with van der Waals surface area (Å²) in [6.45, 7) is 8.33. The van der Waals surface area contributed by atoms with E-state index < -0.39 is 11.1 Å². The first-order valence-electron chi connectivity index (χ1n) is 26.3. The summed E-state index contributed by atoms with van der Waals surface area (Å²) in [5.41, 5.74) is 57.9. The molecule has 12 heteroatoms. The van der Waals surface area contributed by atoms with Crippen LogP contribution in [0.15, 0.2) is 218 Å². The fourth-order valence-corrected chi connectivity index (χ4v) is 9.15. The molecule has 0 amide bonds. The molecule has 0 aliphatic rings. The van der Waals surface area contributed by atoms with Crippen molar-refractivity contribution < 1.29 is 18.9 Å². The molecule has 0 aliphatic carbocycles. The van der Waals surface area contributed by atoms with Crippen LogP contribution in [0.25, 0.3) is 0 Å². The summed E-state index contributed by atoms with van der Waals surface area (Å²) >= 11 is 0. The number of methoxy groups -OCH3 is 4. The van der Waals surface area contributed by atoms with E-state index in [4.69, 9.17) is 64.8 Å². The van der Waals surface area contributed by atoms with Crippen LogP contribution in [0.1, 0.15) is 96.4 Å². The molecular formula is C66H84N8O4. The van der Waals surface area contributed by atoms with Gasteiger partial charge in [-0.25, -0.2) is 0 Å². The van der Waals surface area contributed by atoms with Gasteiger partial charge in [0.15, 0.2) is 0 Å². The Morgan fingerprint density at radius 1 is 0.269 bits per heavy atom. The highest BCUT2D eigenvalue weighted by molar-refractivity contribution is 5.46. The molecule has 0 bridgehead atoms. The van der Waals surface area contributed by atoms with Crippen molar-refractivity contribution in [3.63, 3.8) is 0 Å². The third kappa shape index (κ3) is 15.9. The summed E-state index contributed by atoms with van der Waals surface area (Å²) in [4.78, 5) is 0. The Morgan fingerprint density at radius 2 is 0.436 bits per heavy atom. The zero-order valence-corrected chi connectivity index (χ0v) is 46.7. The zero-order chi connectivity index (χ0) is 56.8. The molecule has 0 fully saturated rings. The van der Waals surface area contributed by atoms with Crippen LogP contribution in [-0.4, -0.2) is 40.5 Å². The topological polar surface area (TPSA) is 245 Å². The molecule has 0 saturated heterocycles. The number of benzene rings is 8. The van der Waals surface area contributed by atoms with E-state index in [9.17, 15) is 0 Å². The molecule has 8 rings (SSSR count). The van der Waals surface area contributed by atoms with Gasteiger partial charge in [-0.2, -0.15) is 0 Å². The molecule has 16 N–H and O–H groups in total. The van der Waals surface area contributed by atoms with Gasteiger partial charge in [0, 0.05) is 36.3 Å². The van der Waals surface area contributed by atoms with Crippen molar-refractivity contribution >= 4 is 0 Å². The normalized spacial score (nSPS) is 13.6. The van der Waals surface area contributed by atoms with Crippen molar-refractivity contribution in [3.05, 3.63) is 263 Å². The molecule has 0 heterocycles. The summed E-state index contributed by atoms with van der Waals surface area (Å²) < 4.78 is 20.9. The third-order valence-corrected chi connectivity index (χ3v) is 14.3. The minimum absolute atomic E-state index is 0.163. The number of rotatable bonds is 18. The van der Waals surface area contributed by atoms with Gasteiger partial charge in [0.05, 0.1) is 39.5 Å². The molecule has 412 valence electrons. The van der Waals surface area contributed by atoms with Gasteiger partial charge in [-0.1, -0.05) is 198 Å². The molecule has 0 radical (unpaired) electrons. The number of nitrogens with two attached hydrogens (primary N) is 8. The summed E-state index contributed by atoms with van der Waals surface area (Å²) in [6.07, 6.45) is 0. The Hall–Kier alpha value is -7.36. The fraction of sp³-hybridized carbons (Fsp3) is 0.273. The van der Waals surface area contributed by atoms with Crippen molar-refractivity contribution in [1.82, 2.24) is 0 Å². The lowest BCUT2D eigenvalue weighted by molar-refractivity contribution is 0.336. The van der Waals surface area contributed by atoms with Gasteiger partial charge in [0.1, 0.15) is 23.0 Å². The molecule has 0 unspecified atom stereocenters. The molecule has 0 spiro atoms. The van der Waals surface area contributed by atoms with Gasteiger partial charge in [-0.3, -0.25) is 0 Å². The molecule has 8 aromatic carbocycles. The van der Waals surface area contributed by atoms with E-state index in [0.717, 1.165) is 67.5 Å². The van der Waals surface area contributed by atoms with Crippen LogP contribution in [0.2, 0.25) is 0 Å². The Morgan fingerprint density at radius 3 is 0.577 bits per heavy atom. The van der Waals surface area contributed by atoms with Crippen molar-refractivity contribution in [2.24, 2.45) is 57.7 Å². The Bertz CT molecular complexity index is 2510. The first-order chi connectivity index (χ1) is 37.4. The zero-order valence-electron chi connectivity index (χ0n) is 46.7. The first kappa shape index (κ1) is 61.5. The Labute approximate surface area is 464 Å². The number of hydrogen-bond acceptors (Lipinski definition) is 12. The van der Waals surface area contributed by atoms with Crippen LogP contribution in [0, 0.1) is 11.8 Å². The van der Waals surface area contributed by atoms with Gasteiger partial charge in [-0.15, -0.1) is 0 Å². The van der Waals surface area contributed by atoms with E-state index in [1.807, 2.05) is 218 Å². The molecule has 0 aromatic heterocycles. The highest BCUT2D eigenvalue weighted by atomic mass is 16.5. The van der Waals surface area contributed by atoms with E-state index in [0.29, 0.717) is 0 Å². The lowest BCUT2D eigenvalue weighted by Gasteiger charge is -2.39. The van der Waals surface area contributed by atoms with Crippen molar-refractivity contribution in [3.8, 4) is 23.0 Å². The van der Waals surface area contributed by atoms with Crippen LogP contribution in [0.3, 0.4) is 0 Å². The maximum absolute atomic E-state index is 6.86. The molecule has 12 nitrogen and oxygen atoms in total. The maximum Gasteiger partial charge on any atom is 0.118 e. The molecular weight excluding hydrogens is 969 g/mol. The number of ether oxygens (including phenoxy) is 4. The average molecular weight is 1050 g/mol. The minimum Gasteiger partial charge on any atom is -0.497 e. The van der Waals surface area contributed by atoms with Gasteiger partial charge >= 0.3 is 0 Å². The van der Waals surface area contributed by atoms with Crippen LogP contribution < -0.4 is 64.8 Å². The van der Waals surface area contributed by atoms with Gasteiger partial charge < -0.3 is 64.8 Å². The lowest BCUT2D eigenvalue weighted by atomic mass is 9.74. The Balaban J connectivity index is 0.000000194. The summed E-state index contributed by atoms with van der Waals surface area (Å²) in [7, 11) is 6.59. The second-order valence-corrected chi connectivity index (χ2v) is 19.9. The predicted octanol–water partition coefficient (Wildman–Crippen LogP) is 10.6. The quantitative estimate of drug-likeness (QED) is 0.0400. The van der Waals surface area contributed by atoms with Crippen molar-refractivity contribution in [2.45, 2.75) is 75.0 Å². The molecule has 0 aliphatic heterocycles. The summed E-state index contributed by atoms with van der Waals surface area (Å²) in [6, 6.07) is 69.8. The second-order valence-electron chi connectivity index (χ2n) is 19.9. The van der Waals surface area contributed by atoms with E-state index in [1.54, 1.807) is 28.4 Å². The SMILES string of the molecule is COc1ccc(C(N)(c2ccc(OC)cc2)[C@@H](N)C(C)C)cc1.COc1ccc(C(N)(c2ccc(OC)cc2)[C@H](N)C(C)C)cc1.N[C@@H](c1ccccc1)[C@@H](N)c1ccccc1.N[C@H](c1ccccc1)[C@H](N)c1ccccc1. The van der Waals surface area contributed by atoms with Gasteiger partial charge in [-0.05, 0) is 105 Å². The summed E-state index contributed by atoms with van der Waals surface area (Å²) in [5, 5.41) is 0. The second kappa shape index (κ2) is 30.0. The molecule has 0 saturated carbocycles.